The van der Waals surface area contributed by atoms with Gasteiger partial charge in [-0.3, -0.25) is 9.59 Å². The number of carboxylic acid groups (broad SMARTS) is 1. The molecule has 0 rings (SSSR count). The van der Waals surface area contributed by atoms with Crippen LogP contribution in [-0.2, 0) is 9.59 Å². The van der Waals surface area contributed by atoms with Gasteiger partial charge >= 0.3 is 5.97 Å². The zero-order chi connectivity index (χ0) is 18.6. The lowest BCUT2D eigenvalue weighted by molar-refractivity contribution is -0.136. The number of ketones is 1. The topological polar surface area (TPSA) is 54.4 Å². The summed E-state index contributed by atoms with van der Waals surface area (Å²) in [5.41, 5.74) is 0. The first kappa shape index (κ1) is 21.8. The lowest BCUT2D eigenvalue weighted by Gasteiger charge is -1.79. The average molecular weight is 336 g/mol. The first-order valence-corrected chi connectivity index (χ1v) is 7.85. The minimum absolute atomic E-state index is 0.0326. The highest BCUT2D eigenvalue weighted by Crippen LogP contribution is 1.88. The van der Waals surface area contributed by atoms with Crippen LogP contribution < -0.4 is 0 Å². The second-order valence-electron chi connectivity index (χ2n) is 4.69. The zero-order valence-electron chi connectivity index (χ0n) is 14.4. The van der Waals surface area contributed by atoms with Crippen molar-refractivity contribution in [3.63, 3.8) is 0 Å². The fourth-order valence-corrected chi connectivity index (χ4v) is 1.34. The van der Waals surface area contributed by atoms with Crippen molar-refractivity contribution in [3.05, 3.63) is 109 Å². The minimum Gasteiger partial charge on any atom is -0.481 e. The van der Waals surface area contributed by atoms with E-state index in [4.69, 9.17) is 5.11 Å². The van der Waals surface area contributed by atoms with Gasteiger partial charge in [-0.1, -0.05) is 103 Å². The summed E-state index contributed by atoms with van der Waals surface area (Å²) in [5.74, 6) is -0.803. The fraction of sp³-hybridized carbons (Fsp3) is 0.0909. The van der Waals surface area contributed by atoms with E-state index in [2.05, 4.69) is 0 Å². The highest BCUT2D eigenvalue weighted by atomic mass is 16.4. The summed E-state index contributed by atoms with van der Waals surface area (Å²) in [7, 11) is 0. The molecular formula is C22H24O3. The molecule has 0 aromatic rings. The number of rotatable bonds is 11. The number of carboxylic acids is 1. The van der Waals surface area contributed by atoms with Crippen molar-refractivity contribution in [2.75, 3.05) is 0 Å². The Labute approximate surface area is 149 Å². The molecule has 1 N–H and O–H groups in total. The third-order valence-electron chi connectivity index (χ3n) is 2.43. The third kappa shape index (κ3) is 20.8. The van der Waals surface area contributed by atoms with Gasteiger partial charge in [0.1, 0.15) is 0 Å². The second kappa shape index (κ2) is 17.2. The van der Waals surface area contributed by atoms with Crippen LogP contribution in [0.4, 0.5) is 0 Å². The van der Waals surface area contributed by atoms with E-state index in [0.717, 1.165) is 0 Å². The number of hydrogen-bond acceptors (Lipinski definition) is 2. The SMILES string of the molecule is CC(=O)C=CC=CC=CC=CC=CC=CC=CC=CC=CCC(=O)O. The molecule has 0 aliphatic carbocycles. The van der Waals surface area contributed by atoms with Gasteiger partial charge in [0.2, 0.25) is 0 Å². The third-order valence-corrected chi connectivity index (χ3v) is 2.43. The van der Waals surface area contributed by atoms with Gasteiger partial charge < -0.3 is 5.11 Å². The molecule has 0 radical (unpaired) electrons. The van der Waals surface area contributed by atoms with Crippen molar-refractivity contribution < 1.29 is 14.7 Å². The molecule has 0 fully saturated rings. The van der Waals surface area contributed by atoms with Crippen LogP contribution in [0.15, 0.2) is 109 Å². The summed E-state index contributed by atoms with van der Waals surface area (Å²) in [6.45, 7) is 1.51. The van der Waals surface area contributed by atoms with Gasteiger partial charge in [-0.25, -0.2) is 0 Å². The van der Waals surface area contributed by atoms with Crippen LogP contribution in [0.1, 0.15) is 13.3 Å². The van der Waals surface area contributed by atoms with E-state index >= 15 is 0 Å². The molecule has 0 unspecified atom stereocenters. The molecule has 0 bridgehead atoms. The molecule has 130 valence electrons. The van der Waals surface area contributed by atoms with Gasteiger partial charge in [-0.15, -0.1) is 0 Å². The van der Waals surface area contributed by atoms with Crippen molar-refractivity contribution in [2.45, 2.75) is 13.3 Å². The largest absolute Gasteiger partial charge is 0.481 e. The lowest BCUT2D eigenvalue weighted by Crippen LogP contribution is -1.89. The van der Waals surface area contributed by atoms with E-state index in [1.54, 1.807) is 30.4 Å². The second-order valence-corrected chi connectivity index (χ2v) is 4.69. The number of aliphatic carboxylic acids is 1. The molecule has 3 nitrogen and oxygen atoms in total. The Kier molecular flexibility index (Phi) is 15.0. The number of allylic oxidation sites excluding steroid dienone is 17. The van der Waals surface area contributed by atoms with Gasteiger partial charge in [-0.2, -0.15) is 0 Å². The average Bonchev–Trinajstić information content (AvgIpc) is 2.56. The maximum atomic E-state index is 10.6. The van der Waals surface area contributed by atoms with Gasteiger partial charge in [0.15, 0.2) is 5.78 Å². The van der Waals surface area contributed by atoms with Gasteiger partial charge in [-0.05, 0) is 13.0 Å². The van der Waals surface area contributed by atoms with E-state index < -0.39 is 5.97 Å². The molecule has 0 aromatic heterocycles. The number of carbonyl (C=O) groups is 2. The van der Waals surface area contributed by atoms with Crippen LogP contribution in [0.2, 0.25) is 0 Å². The van der Waals surface area contributed by atoms with Crippen molar-refractivity contribution in [3.8, 4) is 0 Å². The first-order valence-electron chi connectivity index (χ1n) is 7.85. The molecule has 0 saturated carbocycles. The Morgan fingerprint density at radius 1 is 0.600 bits per heavy atom. The van der Waals surface area contributed by atoms with Gasteiger partial charge in [0, 0.05) is 0 Å². The van der Waals surface area contributed by atoms with Crippen LogP contribution in [0.3, 0.4) is 0 Å². The highest BCUT2D eigenvalue weighted by molar-refractivity contribution is 5.87. The molecule has 0 heterocycles. The summed E-state index contributed by atoms with van der Waals surface area (Å²) in [6.07, 6.45) is 32.8. The predicted molar refractivity (Wildman–Crippen MR) is 105 cm³/mol. The predicted octanol–water partition coefficient (Wildman–Crippen LogP) is 5.06. The monoisotopic (exact) mass is 336 g/mol. The molecule has 0 aliphatic heterocycles. The summed E-state index contributed by atoms with van der Waals surface area (Å²) in [6, 6.07) is 0. The molecule has 0 aliphatic rings. The standard InChI is InChI=1S/C22H24O3/c1-21(23)19-17-15-13-11-9-7-5-3-2-4-6-8-10-12-14-16-18-20-22(24)25/h2-19H,20H2,1H3,(H,24,25). The summed E-state index contributed by atoms with van der Waals surface area (Å²) in [4.78, 5) is 20.9. The molecule has 3 heteroatoms. The van der Waals surface area contributed by atoms with Crippen LogP contribution in [0, 0.1) is 0 Å². The van der Waals surface area contributed by atoms with E-state index in [-0.39, 0.29) is 12.2 Å². The minimum atomic E-state index is -0.835. The van der Waals surface area contributed by atoms with Crippen LogP contribution >= 0.6 is 0 Å². The van der Waals surface area contributed by atoms with E-state index in [1.165, 1.54) is 13.0 Å². The quantitative estimate of drug-likeness (QED) is 0.424. The van der Waals surface area contributed by atoms with Crippen molar-refractivity contribution in [1.82, 2.24) is 0 Å². The van der Waals surface area contributed by atoms with E-state index in [9.17, 15) is 9.59 Å². The normalized spacial score (nSPS) is 13.8. The Morgan fingerprint density at radius 3 is 1.24 bits per heavy atom. The molecule has 25 heavy (non-hydrogen) atoms. The molecule has 0 amide bonds. The smallest absolute Gasteiger partial charge is 0.307 e. The van der Waals surface area contributed by atoms with Crippen molar-refractivity contribution >= 4 is 11.8 Å². The van der Waals surface area contributed by atoms with Crippen molar-refractivity contribution in [1.29, 1.82) is 0 Å². The summed E-state index contributed by atoms with van der Waals surface area (Å²) in [5, 5.41) is 8.44. The van der Waals surface area contributed by atoms with Crippen LogP contribution in [0.25, 0.3) is 0 Å². The van der Waals surface area contributed by atoms with E-state index in [1.807, 2.05) is 72.9 Å². The van der Waals surface area contributed by atoms with E-state index in [0.29, 0.717) is 0 Å². The molecule has 0 atom stereocenters. The Bertz CT molecular complexity index is 649. The number of carbonyl (C=O) groups excluding carboxylic acids is 1. The lowest BCUT2D eigenvalue weighted by atomic mass is 10.3. The van der Waals surface area contributed by atoms with Crippen LogP contribution in [-0.4, -0.2) is 16.9 Å². The maximum Gasteiger partial charge on any atom is 0.307 e. The Morgan fingerprint density at radius 2 is 0.920 bits per heavy atom. The zero-order valence-corrected chi connectivity index (χ0v) is 14.4. The Balaban J connectivity index is 3.92. The maximum absolute atomic E-state index is 10.6. The highest BCUT2D eigenvalue weighted by Gasteiger charge is 1.86. The number of hydrogen-bond donors (Lipinski definition) is 1. The molecule has 0 saturated heterocycles. The van der Waals surface area contributed by atoms with Crippen LogP contribution in [0.5, 0.6) is 0 Å². The fourth-order valence-electron chi connectivity index (χ4n) is 1.34. The van der Waals surface area contributed by atoms with Gasteiger partial charge in [0.05, 0.1) is 6.42 Å². The summed E-state index contributed by atoms with van der Waals surface area (Å²) < 4.78 is 0. The van der Waals surface area contributed by atoms with Crippen molar-refractivity contribution in [2.24, 2.45) is 0 Å². The first-order chi connectivity index (χ1) is 12.1. The van der Waals surface area contributed by atoms with Gasteiger partial charge in [0.25, 0.3) is 0 Å². The molecule has 0 aromatic carbocycles. The Hall–Kier alpha value is -3.20. The summed E-state index contributed by atoms with van der Waals surface area (Å²) >= 11 is 0. The molecular weight excluding hydrogens is 312 g/mol. The molecule has 0 spiro atoms.